The van der Waals surface area contributed by atoms with Crippen LogP contribution in [0.3, 0.4) is 0 Å². The number of imidazole rings is 1. The number of amides is 1. The number of rotatable bonds is 8. The predicted octanol–water partition coefficient (Wildman–Crippen LogP) is 1.74. The van der Waals surface area contributed by atoms with Gasteiger partial charge in [0, 0.05) is 48.8 Å². The molecular formula is C18H20BN7O. The SMILES string of the molecule is [B]c1cnc(Nc2cccc(NC(=O)CC)c2)nc1NCCc1cnc[nH]1. The van der Waals surface area contributed by atoms with Crippen molar-refractivity contribution in [2.45, 2.75) is 19.8 Å². The Labute approximate surface area is 158 Å². The average molecular weight is 361 g/mol. The van der Waals surface area contributed by atoms with Gasteiger partial charge in [0.15, 0.2) is 0 Å². The molecule has 2 heterocycles. The van der Waals surface area contributed by atoms with Gasteiger partial charge in [0.25, 0.3) is 0 Å². The minimum atomic E-state index is -0.0420. The summed E-state index contributed by atoms with van der Waals surface area (Å²) in [6, 6.07) is 7.35. The summed E-state index contributed by atoms with van der Waals surface area (Å²) in [5.74, 6) is 0.925. The Morgan fingerprint density at radius 2 is 2.11 bits per heavy atom. The van der Waals surface area contributed by atoms with Gasteiger partial charge in [0.05, 0.1) is 6.33 Å². The van der Waals surface area contributed by atoms with E-state index in [1.807, 2.05) is 24.3 Å². The molecule has 0 saturated carbocycles. The fourth-order valence-corrected chi connectivity index (χ4v) is 2.38. The van der Waals surface area contributed by atoms with E-state index in [-0.39, 0.29) is 5.91 Å². The maximum Gasteiger partial charge on any atom is 0.229 e. The Balaban J connectivity index is 1.65. The molecule has 0 saturated heterocycles. The van der Waals surface area contributed by atoms with Crippen LogP contribution in [-0.2, 0) is 11.2 Å². The van der Waals surface area contributed by atoms with Crippen LogP contribution in [0.15, 0.2) is 43.0 Å². The molecule has 27 heavy (non-hydrogen) atoms. The van der Waals surface area contributed by atoms with Crippen molar-refractivity contribution in [2.24, 2.45) is 0 Å². The molecule has 0 aliphatic carbocycles. The molecule has 4 N–H and O–H groups in total. The Hall–Kier alpha value is -3.36. The second kappa shape index (κ2) is 8.84. The topological polar surface area (TPSA) is 108 Å². The third-order valence-electron chi connectivity index (χ3n) is 3.78. The van der Waals surface area contributed by atoms with E-state index >= 15 is 0 Å². The normalized spacial score (nSPS) is 10.4. The summed E-state index contributed by atoms with van der Waals surface area (Å²) < 4.78 is 0. The average Bonchev–Trinajstić information content (AvgIpc) is 3.18. The summed E-state index contributed by atoms with van der Waals surface area (Å²) in [6.07, 6.45) is 6.17. The maximum atomic E-state index is 11.5. The number of nitrogens with zero attached hydrogens (tertiary/aromatic N) is 3. The lowest BCUT2D eigenvalue weighted by Crippen LogP contribution is -2.18. The third-order valence-corrected chi connectivity index (χ3v) is 3.78. The van der Waals surface area contributed by atoms with Crippen molar-refractivity contribution in [3.8, 4) is 0 Å². The number of hydrogen-bond donors (Lipinski definition) is 4. The van der Waals surface area contributed by atoms with Crippen LogP contribution in [0.2, 0.25) is 0 Å². The van der Waals surface area contributed by atoms with E-state index in [2.05, 4.69) is 35.9 Å². The van der Waals surface area contributed by atoms with Gasteiger partial charge in [-0.05, 0) is 23.7 Å². The van der Waals surface area contributed by atoms with E-state index < -0.39 is 0 Å². The lowest BCUT2D eigenvalue weighted by atomic mass is 9.99. The first-order chi connectivity index (χ1) is 13.1. The standard InChI is InChI=1S/C18H20BN7O/c1-2-16(27)24-12-4-3-5-13(8-12)25-18-22-10-15(19)17(26-18)21-7-6-14-9-20-11-23-14/h3-5,8-11H,2,6-7H2,1H3,(H,20,23)(H,24,27)(H2,21,22,25,26). The second-order valence-corrected chi connectivity index (χ2v) is 5.86. The Morgan fingerprint density at radius 1 is 1.26 bits per heavy atom. The Kier molecular flexibility index (Phi) is 6.04. The molecule has 0 spiro atoms. The molecule has 2 radical (unpaired) electrons. The summed E-state index contributed by atoms with van der Waals surface area (Å²) in [6.45, 7) is 2.46. The largest absolute Gasteiger partial charge is 0.370 e. The Morgan fingerprint density at radius 3 is 2.89 bits per heavy atom. The van der Waals surface area contributed by atoms with E-state index in [9.17, 15) is 4.79 Å². The highest BCUT2D eigenvalue weighted by molar-refractivity contribution is 6.35. The zero-order valence-corrected chi connectivity index (χ0v) is 15.0. The van der Waals surface area contributed by atoms with Crippen molar-refractivity contribution in [3.05, 3.63) is 48.7 Å². The monoisotopic (exact) mass is 361 g/mol. The lowest BCUT2D eigenvalue weighted by molar-refractivity contribution is -0.115. The first-order valence-corrected chi connectivity index (χ1v) is 8.64. The number of aromatic nitrogens is 4. The molecular weight excluding hydrogens is 341 g/mol. The zero-order valence-electron chi connectivity index (χ0n) is 15.0. The van der Waals surface area contributed by atoms with Crippen LogP contribution < -0.4 is 21.4 Å². The summed E-state index contributed by atoms with van der Waals surface area (Å²) in [7, 11) is 5.95. The molecule has 0 atom stereocenters. The van der Waals surface area contributed by atoms with Crippen LogP contribution in [0.1, 0.15) is 19.0 Å². The number of carbonyl (C=O) groups excluding carboxylic acids is 1. The molecule has 0 aliphatic heterocycles. The molecule has 2 aromatic heterocycles. The van der Waals surface area contributed by atoms with E-state index in [0.717, 1.165) is 17.8 Å². The fraction of sp³-hybridized carbons (Fsp3) is 0.222. The highest BCUT2D eigenvalue weighted by atomic mass is 16.1. The van der Waals surface area contributed by atoms with Crippen LogP contribution in [-0.4, -0.2) is 40.2 Å². The Bertz CT molecular complexity index is 898. The number of H-pyrrole nitrogens is 1. The molecule has 0 bridgehead atoms. The quantitative estimate of drug-likeness (QED) is 0.455. The van der Waals surface area contributed by atoms with Crippen LogP contribution >= 0.6 is 0 Å². The van der Waals surface area contributed by atoms with Gasteiger partial charge >= 0.3 is 0 Å². The third kappa shape index (κ3) is 5.31. The molecule has 0 fully saturated rings. The van der Waals surface area contributed by atoms with Gasteiger partial charge in [-0.1, -0.05) is 13.0 Å². The van der Waals surface area contributed by atoms with E-state index in [4.69, 9.17) is 7.85 Å². The molecule has 3 rings (SSSR count). The molecule has 8 nitrogen and oxygen atoms in total. The number of aromatic amines is 1. The van der Waals surface area contributed by atoms with Crippen LogP contribution in [0.4, 0.5) is 23.1 Å². The first kappa shape index (κ1) is 18.4. The molecule has 1 aromatic carbocycles. The zero-order chi connectivity index (χ0) is 19.1. The van der Waals surface area contributed by atoms with Crippen molar-refractivity contribution >= 4 is 42.4 Å². The van der Waals surface area contributed by atoms with Crippen molar-refractivity contribution in [2.75, 3.05) is 22.5 Å². The minimum absolute atomic E-state index is 0.0420. The molecule has 9 heteroatoms. The highest BCUT2D eigenvalue weighted by Crippen LogP contribution is 2.18. The lowest BCUT2D eigenvalue weighted by Gasteiger charge is -2.12. The first-order valence-electron chi connectivity index (χ1n) is 8.64. The number of benzene rings is 1. The summed E-state index contributed by atoms with van der Waals surface area (Å²) in [4.78, 5) is 27.2. The van der Waals surface area contributed by atoms with E-state index in [1.54, 1.807) is 25.6 Å². The van der Waals surface area contributed by atoms with Gasteiger partial charge in [-0.25, -0.2) is 9.97 Å². The number of carbonyl (C=O) groups is 1. The van der Waals surface area contributed by atoms with Gasteiger partial charge < -0.3 is 20.9 Å². The minimum Gasteiger partial charge on any atom is -0.370 e. The molecule has 1 amide bonds. The smallest absolute Gasteiger partial charge is 0.229 e. The van der Waals surface area contributed by atoms with E-state index in [1.165, 1.54) is 0 Å². The number of anilines is 4. The number of nitrogens with one attached hydrogen (secondary N) is 4. The van der Waals surface area contributed by atoms with Crippen LogP contribution in [0, 0.1) is 0 Å². The molecule has 0 aliphatic rings. The van der Waals surface area contributed by atoms with Gasteiger partial charge in [-0.15, -0.1) is 0 Å². The van der Waals surface area contributed by atoms with Crippen LogP contribution in [0.25, 0.3) is 0 Å². The molecule has 136 valence electrons. The number of hydrogen-bond acceptors (Lipinski definition) is 6. The second-order valence-electron chi connectivity index (χ2n) is 5.86. The highest BCUT2D eigenvalue weighted by Gasteiger charge is 2.06. The molecule has 0 unspecified atom stereocenters. The van der Waals surface area contributed by atoms with E-state index in [0.29, 0.717) is 35.9 Å². The van der Waals surface area contributed by atoms with Crippen molar-refractivity contribution in [1.29, 1.82) is 0 Å². The summed E-state index contributed by atoms with van der Waals surface area (Å²) in [5, 5.41) is 9.14. The predicted molar refractivity (Wildman–Crippen MR) is 107 cm³/mol. The van der Waals surface area contributed by atoms with Gasteiger partial charge in [0.1, 0.15) is 13.7 Å². The van der Waals surface area contributed by atoms with Gasteiger partial charge in [0.2, 0.25) is 11.9 Å². The van der Waals surface area contributed by atoms with Crippen molar-refractivity contribution in [1.82, 2.24) is 19.9 Å². The van der Waals surface area contributed by atoms with Crippen molar-refractivity contribution < 1.29 is 4.79 Å². The molecule has 3 aromatic rings. The maximum absolute atomic E-state index is 11.5. The van der Waals surface area contributed by atoms with Crippen molar-refractivity contribution in [3.63, 3.8) is 0 Å². The van der Waals surface area contributed by atoms with Gasteiger partial charge in [-0.2, -0.15) is 4.98 Å². The summed E-state index contributed by atoms with van der Waals surface area (Å²) in [5.41, 5.74) is 2.96. The summed E-state index contributed by atoms with van der Waals surface area (Å²) >= 11 is 0. The van der Waals surface area contributed by atoms with Gasteiger partial charge in [-0.3, -0.25) is 4.79 Å². The van der Waals surface area contributed by atoms with Crippen LogP contribution in [0.5, 0.6) is 0 Å². The fourth-order valence-electron chi connectivity index (χ4n) is 2.38.